The molecule has 0 amide bonds. The molecule has 0 saturated heterocycles. The van der Waals surface area contributed by atoms with Crippen LogP contribution in [0.15, 0.2) is 42.5 Å². The number of hydrogen-bond donors (Lipinski definition) is 8. The molecule has 0 aromatic heterocycles. The fraction of sp³-hybridized carbons (Fsp3) is 0.150. The van der Waals surface area contributed by atoms with E-state index in [4.69, 9.17) is 26.1 Å². The van der Waals surface area contributed by atoms with Crippen LogP contribution in [0.1, 0.15) is 32.7 Å². The van der Waals surface area contributed by atoms with Gasteiger partial charge in [-0.05, 0) is 42.0 Å². The molecular formula is C20H21N5O10S. The Morgan fingerprint density at radius 2 is 1.67 bits per heavy atom. The van der Waals surface area contributed by atoms with E-state index >= 15 is 0 Å². The fourth-order valence-electron chi connectivity index (χ4n) is 2.74. The number of benzene rings is 2. The highest BCUT2D eigenvalue weighted by atomic mass is 32.2. The van der Waals surface area contributed by atoms with E-state index in [9.17, 15) is 32.7 Å². The lowest BCUT2D eigenvalue weighted by molar-refractivity contribution is -0.145. The lowest BCUT2D eigenvalue weighted by Crippen LogP contribution is -2.47. The Bertz CT molecular complexity index is 1290. The molecule has 0 bridgehead atoms. The average Bonchev–Trinajstić information content (AvgIpc) is 2.77. The Hall–Kier alpha value is -4.54. The van der Waals surface area contributed by atoms with Gasteiger partial charge in [0.25, 0.3) is 10.2 Å². The topological polar surface area (TPSA) is 258 Å². The first-order valence-electron chi connectivity index (χ1n) is 9.78. The van der Waals surface area contributed by atoms with Crippen LogP contribution in [0.5, 0.6) is 5.75 Å². The van der Waals surface area contributed by atoms with Crippen LogP contribution in [0.25, 0.3) is 0 Å². The van der Waals surface area contributed by atoms with Gasteiger partial charge in [0.2, 0.25) is 0 Å². The van der Waals surface area contributed by atoms with Gasteiger partial charge < -0.3 is 31.1 Å². The van der Waals surface area contributed by atoms with E-state index in [0.29, 0.717) is 5.69 Å². The van der Waals surface area contributed by atoms with Crippen molar-refractivity contribution in [2.45, 2.75) is 19.0 Å². The summed E-state index contributed by atoms with van der Waals surface area (Å²) in [6, 6.07) is 7.15. The highest BCUT2D eigenvalue weighted by Crippen LogP contribution is 2.20. The first-order valence-corrected chi connectivity index (χ1v) is 11.3. The van der Waals surface area contributed by atoms with E-state index in [2.05, 4.69) is 5.32 Å². The normalized spacial score (nSPS) is 11.8. The molecule has 1 atom stereocenters. The number of carbonyl (C=O) groups is 4. The number of carboxylic acid groups (broad SMARTS) is 3. The number of rotatable bonds is 12. The molecule has 15 nitrogen and oxygen atoms in total. The molecule has 0 spiro atoms. The number of guanidine groups is 1. The second kappa shape index (κ2) is 11.7. The summed E-state index contributed by atoms with van der Waals surface area (Å²) in [7, 11) is -4.54. The lowest BCUT2D eigenvalue weighted by Gasteiger charge is -2.14. The molecule has 0 aliphatic heterocycles. The third-order valence-corrected chi connectivity index (χ3v) is 5.47. The van der Waals surface area contributed by atoms with Gasteiger partial charge in [-0.25, -0.2) is 9.59 Å². The van der Waals surface area contributed by atoms with Crippen molar-refractivity contribution in [2.24, 2.45) is 5.73 Å². The predicted molar refractivity (Wildman–Crippen MR) is 123 cm³/mol. The summed E-state index contributed by atoms with van der Waals surface area (Å²) in [6.07, 6.45) is -1.02. The van der Waals surface area contributed by atoms with Crippen molar-refractivity contribution in [3.63, 3.8) is 0 Å². The van der Waals surface area contributed by atoms with Crippen LogP contribution in [0, 0.1) is 5.41 Å². The van der Waals surface area contributed by atoms with Crippen molar-refractivity contribution in [2.75, 3.05) is 5.32 Å². The van der Waals surface area contributed by atoms with E-state index in [1.807, 2.05) is 4.72 Å². The molecule has 0 heterocycles. The van der Waals surface area contributed by atoms with E-state index in [1.54, 1.807) is 4.72 Å². The van der Waals surface area contributed by atoms with Gasteiger partial charge in [0.15, 0.2) is 5.96 Å². The molecule has 0 fully saturated rings. The third-order valence-electron chi connectivity index (χ3n) is 4.35. The minimum absolute atomic E-state index is 0.0579. The van der Waals surface area contributed by atoms with E-state index in [1.165, 1.54) is 36.4 Å². The van der Waals surface area contributed by atoms with E-state index < -0.39 is 58.7 Å². The molecule has 0 aliphatic carbocycles. The molecule has 2 rings (SSSR count). The fourth-order valence-corrected chi connectivity index (χ4v) is 3.73. The maximum absolute atomic E-state index is 12.4. The highest BCUT2D eigenvalue weighted by Gasteiger charge is 2.26. The first-order chi connectivity index (χ1) is 16.8. The summed E-state index contributed by atoms with van der Waals surface area (Å²) in [5.41, 5.74) is 5.31. The van der Waals surface area contributed by atoms with Crippen LogP contribution in [-0.4, -0.2) is 59.6 Å². The van der Waals surface area contributed by atoms with Gasteiger partial charge in [-0.2, -0.15) is 17.9 Å². The number of ether oxygens (including phenoxy) is 1. The van der Waals surface area contributed by atoms with Crippen LogP contribution < -0.4 is 25.2 Å². The monoisotopic (exact) mass is 523 g/mol. The Morgan fingerprint density at radius 3 is 2.19 bits per heavy atom. The van der Waals surface area contributed by atoms with Gasteiger partial charge in [-0.1, -0.05) is 6.07 Å². The van der Waals surface area contributed by atoms with E-state index in [-0.39, 0.29) is 22.8 Å². The minimum atomic E-state index is -4.54. The summed E-state index contributed by atoms with van der Waals surface area (Å²) in [4.78, 5) is 45.8. The van der Waals surface area contributed by atoms with Crippen molar-refractivity contribution in [3.05, 3.63) is 59.2 Å². The molecule has 2 aromatic carbocycles. The van der Waals surface area contributed by atoms with Crippen molar-refractivity contribution in [1.29, 1.82) is 5.41 Å². The van der Waals surface area contributed by atoms with Gasteiger partial charge in [0.05, 0.1) is 17.5 Å². The van der Waals surface area contributed by atoms with Gasteiger partial charge in [-0.3, -0.25) is 15.0 Å². The van der Waals surface area contributed by atoms with Crippen molar-refractivity contribution < 1.29 is 47.7 Å². The van der Waals surface area contributed by atoms with E-state index in [0.717, 1.165) is 6.07 Å². The summed E-state index contributed by atoms with van der Waals surface area (Å²) in [6.45, 7) is -0.602. The molecule has 16 heteroatoms. The minimum Gasteiger partial charge on any atom is -0.481 e. The molecule has 0 saturated carbocycles. The predicted octanol–water partition coefficient (Wildman–Crippen LogP) is -0.239. The number of aliphatic carboxylic acids is 2. The number of esters is 1. The number of hydrogen-bond acceptors (Lipinski definition) is 8. The largest absolute Gasteiger partial charge is 0.481 e. The molecule has 1 unspecified atom stereocenters. The Labute approximate surface area is 203 Å². The zero-order valence-electron chi connectivity index (χ0n) is 18.2. The smallest absolute Gasteiger partial charge is 0.343 e. The van der Waals surface area contributed by atoms with Gasteiger partial charge in [-0.15, -0.1) is 0 Å². The quantitative estimate of drug-likeness (QED) is 0.0776. The molecule has 0 aliphatic rings. The van der Waals surface area contributed by atoms with Crippen LogP contribution in [0.2, 0.25) is 0 Å². The van der Waals surface area contributed by atoms with Crippen LogP contribution >= 0.6 is 0 Å². The standard InChI is InChI=1S/C20H21N5O10S/c21-20(22)24-12-4-1-10(2-5-12)19(32)35-13-6-3-11(14(7-13)17(28)29)9-23-36(33,34)25-15(18(30)31)8-16(26)27/h1-7,15,23,25H,8-9H2,(H,26,27)(H,28,29)(H,30,31)(H4,21,22,24). The van der Waals surface area contributed by atoms with Crippen LogP contribution in [0.3, 0.4) is 0 Å². The van der Waals surface area contributed by atoms with Crippen LogP contribution in [0.4, 0.5) is 5.69 Å². The Balaban J connectivity index is 2.13. The van der Waals surface area contributed by atoms with Gasteiger partial charge in [0.1, 0.15) is 11.8 Å². The number of carboxylic acids is 3. The van der Waals surface area contributed by atoms with Crippen molar-refractivity contribution >= 4 is 45.7 Å². The third kappa shape index (κ3) is 8.35. The number of anilines is 1. The van der Waals surface area contributed by atoms with Crippen molar-refractivity contribution in [3.8, 4) is 5.75 Å². The second-order valence-electron chi connectivity index (χ2n) is 7.06. The maximum atomic E-state index is 12.4. The molecule has 192 valence electrons. The molecular weight excluding hydrogens is 502 g/mol. The number of aromatic carboxylic acids is 1. The number of carbonyl (C=O) groups excluding carboxylic acids is 1. The summed E-state index contributed by atoms with van der Waals surface area (Å²) in [5.74, 6) is -6.01. The highest BCUT2D eigenvalue weighted by molar-refractivity contribution is 7.87. The zero-order chi connectivity index (χ0) is 27.0. The maximum Gasteiger partial charge on any atom is 0.343 e. The van der Waals surface area contributed by atoms with Crippen LogP contribution in [-0.2, 0) is 26.3 Å². The summed E-state index contributed by atoms with van der Waals surface area (Å²) in [5, 5.41) is 36.8. The average molecular weight is 523 g/mol. The SMILES string of the molecule is N=C(N)Nc1ccc(C(=O)Oc2ccc(CNS(=O)(=O)NC(CC(=O)O)C(=O)O)c(C(=O)O)c2)cc1. The Kier molecular flexibility index (Phi) is 9.03. The summed E-state index contributed by atoms with van der Waals surface area (Å²) < 4.78 is 33.0. The Morgan fingerprint density at radius 1 is 1.03 bits per heavy atom. The van der Waals surface area contributed by atoms with Crippen molar-refractivity contribution in [1.82, 2.24) is 9.44 Å². The zero-order valence-corrected chi connectivity index (χ0v) is 19.0. The molecule has 2 aromatic rings. The first kappa shape index (κ1) is 27.7. The molecule has 0 radical (unpaired) electrons. The molecule has 9 N–H and O–H groups in total. The number of nitrogens with two attached hydrogens (primary N) is 1. The second-order valence-corrected chi connectivity index (χ2v) is 8.59. The van der Waals surface area contributed by atoms with Gasteiger partial charge >= 0.3 is 23.9 Å². The number of nitrogens with one attached hydrogen (secondary N) is 4. The summed E-state index contributed by atoms with van der Waals surface area (Å²) >= 11 is 0. The molecule has 36 heavy (non-hydrogen) atoms. The van der Waals surface area contributed by atoms with Gasteiger partial charge in [0, 0.05) is 12.2 Å². The lowest BCUT2D eigenvalue weighted by atomic mass is 10.1.